The Hall–Kier alpha value is -2.12. The third kappa shape index (κ3) is 8.41. The molecule has 0 aromatic rings. The number of hydrogen-bond acceptors (Lipinski definition) is 5. The topological polar surface area (TPSA) is 138 Å². The Morgan fingerprint density at radius 2 is 1.14 bits per heavy atom. The van der Waals surface area contributed by atoms with Crippen LogP contribution in [0.25, 0.3) is 0 Å². The molecule has 0 aromatic carbocycles. The van der Waals surface area contributed by atoms with Crippen molar-refractivity contribution in [2.24, 2.45) is 11.3 Å². The van der Waals surface area contributed by atoms with Crippen molar-refractivity contribution in [2.45, 2.75) is 90.9 Å². The van der Waals surface area contributed by atoms with E-state index in [1.54, 1.807) is 0 Å². The number of hydrogen-bond donors (Lipinski definition) is 3. The van der Waals surface area contributed by atoms with Gasteiger partial charge in [0.05, 0.1) is 12.5 Å². The molecule has 0 fully saturated rings. The molecule has 3 N–H and O–H groups in total. The molecule has 0 spiro atoms. The molecule has 0 aliphatic heterocycles. The fraction of sp³-hybridized carbons (Fsp3) is 0.810. The summed E-state index contributed by atoms with van der Waals surface area (Å²) >= 11 is 0. The molecular formula is C21H36O8. The van der Waals surface area contributed by atoms with Gasteiger partial charge in [-0.1, -0.05) is 78.1 Å². The van der Waals surface area contributed by atoms with Gasteiger partial charge in [-0.2, -0.15) is 0 Å². The average molecular weight is 417 g/mol. The summed E-state index contributed by atoms with van der Waals surface area (Å²) in [4.78, 5) is 46.8. The van der Waals surface area contributed by atoms with Gasteiger partial charge in [-0.3, -0.25) is 19.2 Å². The molecule has 0 aromatic heterocycles. The Balaban J connectivity index is 4.36. The monoisotopic (exact) mass is 416 g/mol. The highest BCUT2D eigenvalue weighted by Crippen LogP contribution is 2.34. The van der Waals surface area contributed by atoms with Gasteiger partial charge in [0.25, 0.3) is 5.41 Å². The van der Waals surface area contributed by atoms with Crippen LogP contribution >= 0.6 is 0 Å². The van der Waals surface area contributed by atoms with Gasteiger partial charge in [-0.15, -0.1) is 0 Å². The maximum atomic E-state index is 12.3. The van der Waals surface area contributed by atoms with Gasteiger partial charge in [0, 0.05) is 0 Å². The van der Waals surface area contributed by atoms with E-state index in [0.29, 0.717) is 6.42 Å². The quantitative estimate of drug-likeness (QED) is 0.172. The van der Waals surface area contributed by atoms with E-state index >= 15 is 0 Å². The Bertz CT molecular complexity index is 515. The fourth-order valence-corrected chi connectivity index (χ4v) is 3.42. The van der Waals surface area contributed by atoms with Crippen molar-refractivity contribution < 1.29 is 39.2 Å². The van der Waals surface area contributed by atoms with Crippen molar-refractivity contribution in [1.82, 2.24) is 0 Å². The lowest BCUT2D eigenvalue weighted by Gasteiger charge is -2.27. The molecule has 1 atom stereocenters. The molecule has 8 nitrogen and oxygen atoms in total. The molecule has 0 rings (SSSR count). The van der Waals surface area contributed by atoms with Crippen molar-refractivity contribution in [2.75, 3.05) is 6.61 Å². The molecule has 0 amide bonds. The van der Waals surface area contributed by atoms with Gasteiger partial charge in [0.1, 0.15) is 0 Å². The SMILES string of the molecule is CCCCCCCCCCCCCOC(=O)C(C(=O)O)(C(=O)O)C(CC)C(=O)O. The molecule has 0 heterocycles. The first-order valence-electron chi connectivity index (χ1n) is 10.6. The number of ether oxygens (including phenoxy) is 1. The van der Waals surface area contributed by atoms with Crippen molar-refractivity contribution >= 4 is 23.9 Å². The van der Waals surface area contributed by atoms with Crippen LogP contribution in [0, 0.1) is 11.3 Å². The second kappa shape index (κ2) is 14.8. The summed E-state index contributed by atoms with van der Waals surface area (Å²) in [5.74, 6) is -9.16. The predicted molar refractivity (Wildman–Crippen MR) is 107 cm³/mol. The molecule has 1 unspecified atom stereocenters. The van der Waals surface area contributed by atoms with Gasteiger partial charge < -0.3 is 20.1 Å². The number of carboxylic acid groups (broad SMARTS) is 3. The first kappa shape index (κ1) is 26.9. The van der Waals surface area contributed by atoms with Gasteiger partial charge in [0.2, 0.25) is 0 Å². The number of carbonyl (C=O) groups is 4. The minimum Gasteiger partial charge on any atom is -0.481 e. The number of carboxylic acids is 3. The summed E-state index contributed by atoms with van der Waals surface area (Å²) in [6, 6.07) is 0. The normalized spacial score (nSPS) is 12.3. The molecule has 168 valence electrons. The van der Waals surface area contributed by atoms with Crippen LogP contribution in [0.3, 0.4) is 0 Å². The Morgan fingerprint density at radius 3 is 1.48 bits per heavy atom. The van der Waals surface area contributed by atoms with E-state index in [2.05, 4.69) is 6.92 Å². The van der Waals surface area contributed by atoms with Crippen LogP contribution in [0.15, 0.2) is 0 Å². The molecular weight excluding hydrogens is 380 g/mol. The second-order valence-electron chi connectivity index (χ2n) is 7.39. The molecule has 8 heteroatoms. The number of unbranched alkanes of at least 4 members (excludes halogenated alkanes) is 10. The smallest absolute Gasteiger partial charge is 0.336 e. The van der Waals surface area contributed by atoms with Crippen molar-refractivity contribution in [3.05, 3.63) is 0 Å². The minimum atomic E-state index is -3.14. The molecule has 0 aliphatic carbocycles. The van der Waals surface area contributed by atoms with Crippen LogP contribution in [0.5, 0.6) is 0 Å². The summed E-state index contributed by atoms with van der Waals surface area (Å²) in [6.45, 7) is 3.37. The fourth-order valence-electron chi connectivity index (χ4n) is 3.42. The minimum absolute atomic E-state index is 0.131. The summed E-state index contributed by atoms with van der Waals surface area (Å²) in [5, 5.41) is 27.9. The second-order valence-corrected chi connectivity index (χ2v) is 7.39. The van der Waals surface area contributed by atoms with E-state index in [9.17, 15) is 34.5 Å². The van der Waals surface area contributed by atoms with Crippen LogP contribution in [0.2, 0.25) is 0 Å². The zero-order chi connectivity index (χ0) is 22.3. The lowest BCUT2D eigenvalue weighted by Crippen LogP contribution is -2.55. The number of esters is 1. The first-order chi connectivity index (χ1) is 13.8. The van der Waals surface area contributed by atoms with Crippen molar-refractivity contribution in [1.29, 1.82) is 0 Å². The standard InChI is InChI=1S/C21H36O8/c1-3-5-6-7-8-9-10-11-12-13-14-15-29-20(28)21(18(24)25,19(26)27)16(4-2)17(22)23/h16H,3-15H2,1-2H3,(H,22,23)(H,24,25)(H,26,27). The molecule has 0 saturated carbocycles. The lowest BCUT2D eigenvalue weighted by atomic mass is 9.73. The molecule has 0 aliphatic rings. The zero-order valence-electron chi connectivity index (χ0n) is 17.7. The third-order valence-corrected chi connectivity index (χ3v) is 5.21. The van der Waals surface area contributed by atoms with Crippen LogP contribution in [0.4, 0.5) is 0 Å². The van der Waals surface area contributed by atoms with Gasteiger partial charge >= 0.3 is 23.9 Å². The van der Waals surface area contributed by atoms with E-state index in [1.165, 1.54) is 45.4 Å². The highest BCUT2D eigenvalue weighted by molar-refractivity contribution is 6.19. The number of aliphatic carboxylic acids is 3. The van der Waals surface area contributed by atoms with Crippen LogP contribution in [-0.4, -0.2) is 45.8 Å². The molecule has 0 saturated heterocycles. The van der Waals surface area contributed by atoms with Crippen LogP contribution in [0.1, 0.15) is 90.9 Å². The van der Waals surface area contributed by atoms with Crippen molar-refractivity contribution in [3.63, 3.8) is 0 Å². The van der Waals surface area contributed by atoms with E-state index in [-0.39, 0.29) is 13.0 Å². The number of rotatable bonds is 18. The van der Waals surface area contributed by atoms with Crippen molar-refractivity contribution in [3.8, 4) is 0 Å². The molecule has 0 radical (unpaired) electrons. The predicted octanol–water partition coefficient (Wildman–Crippen LogP) is 4.11. The highest BCUT2D eigenvalue weighted by atomic mass is 16.5. The Labute approximate surface area is 172 Å². The summed E-state index contributed by atoms with van der Waals surface area (Å²) in [7, 11) is 0. The molecule has 29 heavy (non-hydrogen) atoms. The zero-order valence-corrected chi connectivity index (χ0v) is 17.7. The summed E-state index contributed by atoms with van der Waals surface area (Å²) in [6.07, 6.45) is 11.6. The summed E-state index contributed by atoms with van der Waals surface area (Å²) in [5.41, 5.74) is -3.14. The van der Waals surface area contributed by atoms with Gasteiger partial charge in [0.15, 0.2) is 0 Å². The Morgan fingerprint density at radius 1 is 0.724 bits per heavy atom. The summed E-state index contributed by atoms with van der Waals surface area (Å²) < 4.78 is 4.88. The third-order valence-electron chi connectivity index (χ3n) is 5.21. The first-order valence-corrected chi connectivity index (χ1v) is 10.6. The van der Waals surface area contributed by atoms with Crippen LogP contribution < -0.4 is 0 Å². The average Bonchev–Trinajstić information content (AvgIpc) is 2.65. The van der Waals surface area contributed by atoms with E-state index in [1.807, 2.05) is 0 Å². The van der Waals surface area contributed by atoms with Gasteiger partial charge in [-0.05, 0) is 12.8 Å². The van der Waals surface area contributed by atoms with E-state index in [4.69, 9.17) is 4.74 Å². The van der Waals surface area contributed by atoms with Crippen LogP contribution in [-0.2, 0) is 23.9 Å². The Kier molecular flexibility index (Phi) is 13.7. The maximum Gasteiger partial charge on any atom is 0.336 e. The van der Waals surface area contributed by atoms with Gasteiger partial charge in [-0.25, -0.2) is 0 Å². The maximum absolute atomic E-state index is 12.3. The largest absolute Gasteiger partial charge is 0.481 e. The van der Waals surface area contributed by atoms with E-state index in [0.717, 1.165) is 25.7 Å². The molecule has 0 bridgehead atoms. The highest BCUT2D eigenvalue weighted by Gasteiger charge is 2.63. The van der Waals surface area contributed by atoms with E-state index < -0.39 is 35.2 Å². The number of carbonyl (C=O) groups excluding carboxylic acids is 1. The lowest BCUT2D eigenvalue weighted by molar-refractivity contribution is -0.188.